The van der Waals surface area contributed by atoms with Gasteiger partial charge in [0.2, 0.25) is 0 Å². The molecule has 70 valence electrons. The van der Waals surface area contributed by atoms with Crippen molar-refractivity contribution in [2.45, 2.75) is 37.8 Å². The number of carbonyl (C=O) groups excluding carboxylic acids is 1. The van der Waals surface area contributed by atoms with E-state index in [4.69, 9.17) is 5.73 Å². The third-order valence-corrected chi connectivity index (χ3v) is 2.28. The van der Waals surface area contributed by atoms with Crippen LogP contribution in [0, 0.1) is 0 Å². The summed E-state index contributed by atoms with van der Waals surface area (Å²) in [6.07, 6.45) is 4.65. The lowest BCUT2D eigenvalue weighted by Crippen LogP contribution is -2.56. The van der Waals surface area contributed by atoms with E-state index in [1.165, 1.54) is 13.5 Å². The van der Waals surface area contributed by atoms with Crippen molar-refractivity contribution < 1.29 is 9.53 Å². The Bertz CT molecular complexity index is 164. The molecule has 0 spiro atoms. The van der Waals surface area contributed by atoms with Gasteiger partial charge in [-0.1, -0.05) is 6.42 Å². The average molecular weight is 172 g/mol. The zero-order valence-corrected chi connectivity index (χ0v) is 7.43. The molecule has 0 aromatic rings. The molecule has 1 aliphatic carbocycles. The van der Waals surface area contributed by atoms with Crippen molar-refractivity contribution in [1.82, 2.24) is 5.32 Å². The van der Waals surface area contributed by atoms with Gasteiger partial charge >= 0.3 is 6.09 Å². The number of alkyl carbamates (subject to hydrolysis) is 1. The van der Waals surface area contributed by atoms with Crippen LogP contribution in [0.15, 0.2) is 0 Å². The molecule has 0 unspecified atom stereocenters. The van der Waals surface area contributed by atoms with Crippen LogP contribution < -0.4 is 11.1 Å². The summed E-state index contributed by atoms with van der Waals surface area (Å²) < 4.78 is 4.49. The molecule has 3 N–H and O–H groups in total. The number of amides is 1. The molecule has 1 rings (SSSR count). The van der Waals surface area contributed by atoms with Gasteiger partial charge in [-0.05, 0) is 25.7 Å². The van der Waals surface area contributed by atoms with Crippen LogP contribution in [0.5, 0.6) is 0 Å². The van der Waals surface area contributed by atoms with E-state index in [1.54, 1.807) is 0 Å². The fourth-order valence-corrected chi connectivity index (χ4v) is 1.56. The maximum Gasteiger partial charge on any atom is 0.408 e. The first kappa shape index (κ1) is 9.32. The van der Waals surface area contributed by atoms with Gasteiger partial charge in [0.15, 0.2) is 0 Å². The highest BCUT2D eigenvalue weighted by Crippen LogP contribution is 2.23. The normalized spacial score (nSPS) is 21.5. The third-order valence-electron chi connectivity index (χ3n) is 2.28. The molecule has 1 saturated carbocycles. The van der Waals surface area contributed by atoms with Crippen LogP contribution in [0.25, 0.3) is 0 Å². The zero-order valence-electron chi connectivity index (χ0n) is 7.43. The summed E-state index contributed by atoms with van der Waals surface area (Å²) in [4.78, 5) is 10.9. The summed E-state index contributed by atoms with van der Waals surface area (Å²) >= 11 is 0. The number of nitrogens with one attached hydrogen (secondary N) is 1. The van der Waals surface area contributed by atoms with E-state index in [0.717, 1.165) is 25.7 Å². The molecule has 0 atom stereocenters. The second-order valence-electron chi connectivity index (χ2n) is 3.33. The van der Waals surface area contributed by atoms with Gasteiger partial charge in [-0.2, -0.15) is 0 Å². The average Bonchev–Trinajstić information content (AvgIpc) is 2.05. The Balaban J connectivity index is 2.41. The largest absolute Gasteiger partial charge is 0.453 e. The highest BCUT2D eigenvalue weighted by atomic mass is 16.5. The molecule has 1 fully saturated rings. The number of hydrogen-bond donors (Lipinski definition) is 2. The molecule has 0 aromatic heterocycles. The van der Waals surface area contributed by atoms with E-state index in [9.17, 15) is 4.79 Å². The fourth-order valence-electron chi connectivity index (χ4n) is 1.56. The fraction of sp³-hybridized carbons (Fsp3) is 0.875. The van der Waals surface area contributed by atoms with E-state index < -0.39 is 11.8 Å². The zero-order chi connectivity index (χ0) is 9.03. The molecular weight excluding hydrogens is 156 g/mol. The summed E-state index contributed by atoms with van der Waals surface area (Å²) in [5.41, 5.74) is 5.40. The first-order valence-corrected chi connectivity index (χ1v) is 4.31. The van der Waals surface area contributed by atoms with Gasteiger partial charge in [0.1, 0.15) is 0 Å². The van der Waals surface area contributed by atoms with Gasteiger partial charge in [0.25, 0.3) is 0 Å². The Morgan fingerprint density at radius 2 is 2.00 bits per heavy atom. The number of nitrogens with two attached hydrogens (primary N) is 1. The predicted octanol–water partition coefficient (Wildman–Crippen LogP) is 0.961. The van der Waals surface area contributed by atoms with Crippen molar-refractivity contribution in [3.8, 4) is 0 Å². The van der Waals surface area contributed by atoms with Gasteiger partial charge in [-0.15, -0.1) is 0 Å². The number of methoxy groups -OCH3 is 1. The molecule has 0 saturated heterocycles. The maximum atomic E-state index is 10.9. The van der Waals surface area contributed by atoms with Gasteiger partial charge in [0, 0.05) is 0 Å². The molecule has 1 aliphatic rings. The van der Waals surface area contributed by atoms with E-state index in [2.05, 4.69) is 10.1 Å². The van der Waals surface area contributed by atoms with Gasteiger partial charge in [-0.25, -0.2) is 4.79 Å². The number of ether oxygens (including phenoxy) is 1. The van der Waals surface area contributed by atoms with E-state index in [1.807, 2.05) is 0 Å². The lowest BCUT2D eigenvalue weighted by molar-refractivity contribution is 0.145. The Hall–Kier alpha value is -0.770. The van der Waals surface area contributed by atoms with Gasteiger partial charge in [0.05, 0.1) is 12.8 Å². The maximum absolute atomic E-state index is 10.9. The lowest BCUT2D eigenvalue weighted by atomic mass is 9.90. The van der Waals surface area contributed by atoms with Crippen LogP contribution in [-0.4, -0.2) is 18.9 Å². The minimum atomic E-state index is -0.522. The summed E-state index contributed by atoms with van der Waals surface area (Å²) in [7, 11) is 1.35. The summed E-state index contributed by atoms with van der Waals surface area (Å²) in [5.74, 6) is 0. The molecule has 1 amide bonds. The third kappa shape index (κ3) is 2.37. The van der Waals surface area contributed by atoms with Crippen molar-refractivity contribution in [2.75, 3.05) is 7.11 Å². The van der Waals surface area contributed by atoms with E-state index >= 15 is 0 Å². The van der Waals surface area contributed by atoms with Gasteiger partial charge in [-0.3, -0.25) is 0 Å². The highest BCUT2D eigenvalue weighted by Gasteiger charge is 2.29. The molecule has 0 bridgehead atoms. The summed E-state index contributed by atoms with van der Waals surface area (Å²) in [6, 6.07) is 0. The van der Waals surface area contributed by atoms with Gasteiger partial charge < -0.3 is 15.8 Å². The van der Waals surface area contributed by atoms with Crippen molar-refractivity contribution in [3.05, 3.63) is 0 Å². The highest BCUT2D eigenvalue weighted by molar-refractivity contribution is 5.67. The lowest BCUT2D eigenvalue weighted by Gasteiger charge is -2.33. The molecule has 0 radical (unpaired) electrons. The van der Waals surface area contributed by atoms with E-state index in [0.29, 0.717) is 0 Å². The second-order valence-corrected chi connectivity index (χ2v) is 3.33. The van der Waals surface area contributed by atoms with Crippen LogP contribution in [0.2, 0.25) is 0 Å². The van der Waals surface area contributed by atoms with Crippen molar-refractivity contribution in [2.24, 2.45) is 5.73 Å². The minimum Gasteiger partial charge on any atom is -0.453 e. The molecule has 12 heavy (non-hydrogen) atoms. The van der Waals surface area contributed by atoms with Crippen molar-refractivity contribution in [3.63, 3.8) is 0 Å². The number of rotatable bonds is 1. The van der Waals surface area contributed by atoms with Crippen LogP contribution in [0.3, 0.4) is 0 Å². The Morgan fingerprint density at radius 1 is 1.42 bits per heavy atom. The molecule has 0 aliphatic heterocycles. The number of carbonyl (C=O) groups is 1. The molecule has 0 aromatic carbocycles. The SMILES string of the molecule is COC(=O)NC1(N)CCCCC1. The standard InChI is InChI=1S/C8H16N2O2/c1-12-7(11)10-8(9)5-3-2-4-6-8/h2-6,9H2,1H3,(H,10,11). The van der Waals surface area contributed by atoms with Crippen LogP contribution >= 0.6 is 0 Å². The van der Waals surface area contributed by atoms with Crippen molar-refractivity contribution in [1.29, 1.82) is 0 Å². The summed E-state index contributed by atoms with van der Waals surface area (Å²) in [5, 5.41) is 2.66. The second kappa shape index (κ2) is 3.76. The minimum absolute atomic E-state index is 0.431. The Labute approximate surface area is 72.5 Å². The topological polar surface area (TPSA) is 64.3 Å². The smallest absolute Gasteiger partial charge is 0.408 e. The van der Waals surface area contributed by atoms with Crippen LogP contribution in [0.4, 0.5) is 4.79 Å². The molecule has 4 heteroatoms. The molecule has 4 nitrogen and oxygen atoms in total. The first-order valence-electron chi connectivity index (χ1n) is 4.31. The van der Waals surface area contributed by atoms with Crippen LogP contribution in [-0.2, 0) is 4.74 Å². The number of hydrogen-bond acceptors (Lipinski definition) is 3. The molecular formula is C8H16N2O2. The van der Waals surface area contributed by atoms with Crippen LogP contribution in [0.1, 0.15) is 32.1 Å². The first-order chi connectivity index (χ1) is 5.66. The summed E-state index contributed by atoms with van der Waals surface area (Å²) in [6.45, 7) is 0. The quantitative estimate of drug-likeness (QED) is 0.579. The Morgan fingerprint density at radius 3 is 2.50 bits per heavy atom. The monoisotopic (exact) mass is 172 g/mol. The Kier molecular flexibility index (Phi) is 2.92. The van der Waals surface area contributed by atoms with Crippen molar-refractivity contribution >= 4 is 6.09 Å². The molecule has 0 heterocycles. The van der Waals surface area contributed by atoms with E-state index in [-0.39, 0.29) is 0 Å². The predicted molar refractivity (Wildman–Crippen MR) is 45.5 cm³/mol.